The number of hydrogen-bond donors (Lipinski definition) is 2. The predicted molar refractivity (Wildman–Crippen MR) is 81.7 cm³/mol. The standard InChI is InChI=1S/C17H18N2O2/c1-13(11-16-8-4-10-21-16)19-17(20)15-7-2-5-14(12-15)6-3-9-18/h2,4-5,7-8,10,12-13H,9,11,18H2,1H3,(H,19,20). The molecular formula is C17H18N2O2. The number of amides is 1. The molecule has 21 heavy (non-hydrogen) atoms. The van der Waals surface area contributed by atoms with E-state index in [1.54, 1.807) is 18.4 Å². The minimum absolute atomic E-state index is 0.0116. The molecule has 0 fully saturated rings. The van der Waals surface area contributed by atoms with Gasteiger partial charge in [-0.25, -0.2) is 0 Å². The minimum atomic E-state index is -0.120. The van der Waals surface area contributed by atoms with Crippen LogP contribution in [0.2, 0.25) is 0 Å². The number of carbonyl (C=O) groups is 1. The van der Waals surface area contributed by atoms with Crippen LogP contribution in [0.4, 0.5) is 0 Å². The molecule has 0 bridgehead atoms. The fraction of sp³-hybridized carbons (Fsp3) is 0.235. The summed E-state index contributed by atoms with van der Waals surface area (Å²) in [5, 5.41) is 2.95. The molecule has 2 rings (SSSR count). The molecule has 0 aliphatic heterocycles. The van der Waals surface area contributed by atoms with Gasteiger partial charge in [0.2, 0.25) is 0 Å². The third-order valence-corrected chi connectivity index (χ3v) is 2.92. The van der Waals surface area contributed by atoms with E-state index in [1.807, 2.05) is 31.2 Å². The Kier molecular flexibility index (Phi) is 5.19. The highest BCUT2D eigenvalue weighted by atomic mass is 16.3. The molecule has 1 aromatic carbocycles. The van der Waals surface area contributed by atoms with Crippen molar-refractivity contribution >= 4 is 5.91 Å². The maximum absolute atomic E-state index is 12.2. The van der Waals surface area contributed by atoms with E-state index in [9.17, 15) is 4.79 Å². The minimum Gasteiger partial charge on any atom is -0.469 e. The number of nitrogens with one attached hydrogen (secondary N) is 1. The van der Waals surface area contributed by atoms with Crippen molar-refractivity contribution in [3.05, 3.63) is 59.5 Å². The van der Waals surface area contributed by atoms with Crippen molar-refractivity contribution in [3.63, 3.8) is 0 Å². The van der Waals surface area contributed by atoms with Crippen molar-refractivity contribution in [1.82, 2.24) is 5.32 Å². The summed E-state index contributed by atoms with van der Waals surface area (Å²) in [4.78, 5) is 12.2. The molecule has 1 heterocycles. The van der Waals surface area contributed by atoms with Gasteiger partial charge in [0.25, 0.3) is 5.91 Å². The van der Waals surface area contributed by atoms with Crippen molar-refractivity contribution in [2.45, 2.75) is 19.4 Å². The van der Waals surface area contributed by atoms with Gasteiger partial charge in [-0.05, 0) is 37.3 Å². The Labute approximate surface area is 124 Å². The Morgan fingerprint density at radius 2 is 2.24 bits per heavy atom. The zero-order chi connectivity index (χ0) is 15.1. The van der Waals surface area contributed by atoms with Crippen molar-refractivity contribution in [2.75, 3.05) is 6.54 Å². The lowest BCUT2D eigenvalue weighted by Gasteiger charge is -2.12. The van der Waals surface area contributed by atoms with Gasteiger partial charge in [0, 0.05) is 23.6 Å². The zero-order valence-corrected chi connectivity index (χ0v) is 11.9. The highest BCUT2D eigenvalue weighted by molar-refractivity contribution is 5.94. The van der Waals surface area contributed by atoms with Gasteiger partial charge in [0.05, 0.1) is 12.8 Å². The van der Waals surface area contributed by atoms with Crippen molar-refractivity contribution < 1.29 is 9.21 Å². The molecule has 1 amide bonds. The van der Waals surface area contributed by atoms with Crippen LogP contribution in [0, 0.1) is 11.8 Å². The van der Waals surface area contributed by atoms with Gasteiger partial charge in [0.1, 0.15) is 5.76 Å². The second kappa shape index (κ2) is 7.32. The van der Waals surface area contributed by atoms with Gasteiger partial charge in [-0.3, -0.25) is 4.79 Å². The molecule has 0 spiro atoms. The molecule has 0 saturated heterocycles. The number of carbonyl (C=O) groups excluding carboxylic acids is 1. The molecule has 1 atom stereocenters. The van der Waals surface area contributed by atoms with E-state index in [-0.39, 0.29) is 11.9 Å². The molecule has 1 unspecified atom stereocenters. The summed E-state index contributed by atoms with van der Waals surface area (Å²) < 4.78 is 5.27. The van der Waals surface area contributed by atoms with Crippen LogP contribution in [0.15, 0.2) is 47.1 Å². The smallest absolute Gasteiger partial charge is 0.251 e. The summed E-state index contributed by atoms with van der Waals surface area (Å²) in [5.41, 5.74) is 6.71. The number of hydrogen-bond acceptors (Lipinski definition) is 3. The fourth-order valence-electron chi connectivity index (χ4n) is 1.98. The molecule has 4 heteroatoms. The van der Waals surface area contributed by atoms with Gasteiger partial charge in [0.15, 0.2) is 0 Å². The number of nitrogens with two attached hydrogens (primary N) is 1. The van der Waals surface area contributed by atoms with E-state index in [1.165, 1.54) is 0 Å². The third-order valence-electron chi connectivity index (χ3n) is 2.92. The molecule has 108 valence electrons. The van der Waals surface area contributed by atoms with Crippen LogP contribution in [-0.4, -0.2) is 18.5 Å². The van der Waals surface area contributed by atoms with Crippen LogP contribution < -0.4 is 11.1 Å². The van der Waals surface area contributed by atoms with Gasteiger partial charge in [-0.15, -0.1) is 0 Å². The number of benzene rings is 1. The van der Waals surface area contributed by atoms with Gasteiger partial charge in [-0.2, -0.15) is 0 Å². The third kappa shape index (κ3) is 4.51. The normalized spacial score (nSPS) is 11.3. The molecule has 2 aromatic rings. The van der Waals surface area contributed by atoms with Crippen molar-refractivity contribution in [1.29, 1.82) is 0 Å². The Morgan fingerprint density at radius 3 is 2.95 bits per heavy atom. The first-order valence-electron chi connectivity index (χ1n) is 6.81. The van der Waals surface area contributed by atoms with Crippen LogP contribution in [-0.2, 0) is 6.42 Å². The average molecular weight is 282 g/mol. The summed E-state index contributed by atoms with van der Waals surface area (Å²) in [5.74, 6) is 6.43. The van der Waals surface area contributed by atoms with Gasteiger partial charge >= 0.3 is 0 Å². The summed E-state index contributed by atoms with van der Waals surface area (Å²) in [6.07, 6.45) is 2.29. The lowest BCUT2D eigenvalue weighted by molar-refractivity contribution is 0.0939. The fourth-order valence-corrected chi connectivity index (χ4v) is 1.98. The van der Waals surface area contributed by atoms with E-state index in [2.05, 4.69) is 17.2 Å². The average Bonchev–Trinajstić information content (AvgIpc) is 2.98. The summed E-state index contributed by atoms with van der Waals surface area (Å²) in [7, 11) is 0. The largest absolute Gasteiger partial charge is 0.469 e. The molecule has 4 nitrogen and oxygen atoms in total. The van der Waals surface area contributed by atoms with Crippen LogP contribution in [0.25, 0.3) is 0 Å². The van der Waals surface area contributed by atoms with Crippen LogP contribution in [0.1, 0.15) is 28.6 Å². The van der Waals surface area contributed by atoms with Crippen molar-refractivity contribution in [3.8, 4) is 11.8 Å². The topological polar surface area (TPSA) is 68.3 Å². The molecule has 0 aliphatic carbocycles. The Morgan fingerprint density at radius 1 is 1.38 bits per heavy atom. The second-order valence-electron chi connectivity index (χ2n) is 4.74. The van der Waals surface area contributed by atoms with Crippen LogP contribution in [0.3, 0.4) is 0 Å². The highest BCUT2D eigenvalue weighted by Crippen LogP contribution is 2.07. The van der Waals surface area contributed by atoms with Crippen molar-refractivity contribution in [2.24, 2.45) is 5.73 Å². The first-order chi connectivity index (χ1) is 10.2. The molecule has 1 aromatic heterocycles. The maximum Gasteiger partial charge on any atom is 0.251 e. The predicted octanol–water partition coefficient (Wildman–Crippen LogP) is 1.95. The van der Waals surface area contributed by atoms with E-state index < -0.39 is 0 Å². The Balaban J connectivity index is 1.99. The monoisotopic (exact) mass is 282 g/mol. The quantitative estimate of drug-likeness (QED) is 0.842. The van der Waals surface area contributed by atoms with E-state index >= 15 is 0 Å². The summed E-state index contributed by atoms with van der Waals surface area (Å²) in [6.45, 7) is 2.25. The van der Waals surface area contributed by atoms with E-state index in [4.69, 9.17) is 10.2 Å². The Hall–Kier alpha value is -2.51. The summed E-state index contributed by atoms with van der Waals surface area (Å²) >= 11 is 0. The second-order valence-corrected chi connectivity index (χ2v) is 4.74. The van der Waals surface area contributed by atoms with Crippen LogP contribution >= 0.6 is 0 Å². The lowest BCUT2D eigenvalue weighted by atomic mass is 10.1. The zero-order valence-electron chi connectivity index (χ0n) is 11.9. The molecular weight excluding hydrogens is 264 g/mol. The van der Waals surface area contributed by atoms with Crippen LogP contribution in [0.5, 0.6) is 0 Å². The number of rotatable bonds is 4. The number of furan rings is 1. The molecule has 0 saturated carbocycles. The SMILES string of the molecule is CC(Cc1ccco1)NC(=O)c1cccc(C#CCN)c1. The van der Waals surface area contributed by atoms with E-state index in [0.717, 1.165) is 11.3 Å². The molecule has 3 N–H and O–H groups in total. The van der Waals surface area contributed by atoms with Gasteiger partial charge in [-0.1, -0.05) is 17.9 Å². The Bertz CT molecular complexity index is 651. The highest BCUT2D eigenvalue weighted by Gasteiger charge is 2.11. The first-order valence-corrected chi connectivity index (χ1v) is 6.81. The maximum atomic E-state index is 12.2. The van der Waals surface area contributed by atoms with Gasteiger partial charge < -0.3 is 15.5 Å². The molecule has 0 aliphatic rings. The first kappa shape index (κ1) is 14.9. The molecule has 0 radical (unpaired) electrons. The lowest BCUT2D eigenvalue weighted by Crippen LogP contribution is -2.34. The van der Waals surface area contributed by atoms with E-state index in [0.29, 0.717) is 18.5 Å². The summed E-state index contributed by atoms with van der Waals surface area (Å²) in [6, 6.07) is 10.9.